The van der Waals surface area contributed by atoms with Gasteiger partial charge < -0.3 is 20.3 Å². The molecule has 0 unspecified atom stereocenters. The molecule has 2 N–H and O–H groups in total. The third-order valence-corrected chi connectivity index (χ3v) is 6.36. The molecule has 2 rings (SSSR count). The van der Waals surface area contributed by atoms with Gasteiger partial charge in [-0.2, -0.15) is 5.26 Å². The number of urea groups is 1. The number of benzene rings is 1. The number of carbonyl (C=O) groups excluding carboxylic acids is 2. The lowest BCUT2D eigenvalue weighted by Gasteiger charge is -2.29. The number of nitrogens with zero attached hydrogens (tertiary/aromatic N) is 2. The summed E-state index contributed by atoms with van der Waals surface area (Å²) < 4.78 is 30.2. The van der Waals surface area contributed by atoms with Gasteiger partial charge in [0, 0.05) is 13.1 Å². The van der Waals surface area contributed by atoms with Crippen LogP contribution in [0.25, 0.3) is 0 Å². The van der Waals surface area contributed by atoms with Crippen LogP contribution in [0, 0.1) is 17.2 Å². The largest absolute Gasteiger partial charge is 0.378 e. The SMILES string of the molecule is CC(C)C[C@H](NC(=O)N1CCOCC1)C(=O)N[C@H](C#N)CS(=O)(=O)Cc1ccccc1. The van der Waals surface area contributed by atoms with Gasteiger partial charge in [-0.15, -0.1) is 0 Å². The molecule has 1 fully saturated rings. The van der Waals surface area contributed by atoms with Crippen LogP contribution in [0.1, 0.15) is 25.8 Å². The van der Waals surface area contributed by atoms with Gasteiger partial charge in [0.15, 0.2) is 9.84 Å². The first kappa shape index (κ1) is 24.6. The quantitative estimate of drug-likeness (QED) is 0.579. The van der Waals surface area contributed by atoms with Crippen LogP contribution < -0.4 is 10.6 Å². The molecule has 1 aromatic carbocycles. The highest BCUT2D eigenvalue weighted by Crippen LogP contribution is 2.10. The van der Waals surface area contributed by atoms with Crippen LogP contribution in [0.5, 0.6) is 0 Å². The second-order valence-electron chi connectivity index (χ2n) is 7.96. The third-order valence-electron chi connectivity index (χ3n) is 4.74. The van der Waals surface area contributed by atoms with Crippen LogP contribution in [0.4, 0.5) is 4.79 Å². The van der Waals surface area contributed by atoms with Gasteiger partial charge in [0.05, 0.1) is 30.8 Å². The number of carbonyl (C=O) groups is 2. The summed E-state index contributed by atoms with van der Waals surface area (Å²) in [5.74, 6) is -1.19. The summed E-state index contributed by atoms with van der Waals surface area (Å²) in [6.45, 7) is 5.55. The minimum atomic E-state index is -3.63. The molecule has 0 aliphatic carbocycles. The molecule has 1 aliphatic rings. The highest BCUT2D eigenvalue weighted by Gasteiger charge is 2.28. The minimum Gasteiger partial charge on any atom is -0.378 e. The molecule has 0 spiro atoms. The molecule has 1 aromatic rings. The van der Waals surface area contributed by atoms with Crippen molar-refractivity contribution >= 4 is 21.8 Å². The number of morpholine rings is 1. The average molecular weight is 451 g/mol. The van der Waals surface area contributed by atoms with Gasteiger partial charge in [-0.05, 0) is 17.9 Å². The first-order valence-electron chi connectivity index (χ1n) is 10.3. The molecule has 10 heteroatoms. The Morgan fingerprint density at radius 1 is 1.16 bits per heavy atom. The van der Waals surface area contributed by atoms with Gasteiger partial charge in [-0.1, -0.05) is 44.2 Å². The summed E-state index contributed by atoms with van der Waals surface area (Å²) in [4.78, 5) is 26.9. The van der Waals surface area contributed by atoms with E-state index in [1.54, 1.807) is 35.2 Å². The first-order chi connectivity index (χ1) is 14.7. The average Bonchev–Trinajstić information content (AvgIpc) is 2.73. The van der Waals surface area contributed by atoms with Gasteiger partial charge >= 0.3 is 6.03 Å². The molecule has 3 amide bonds. The number of sulfone groups is 1. The van der Waals surface area contributed by atoms with Gasteiger partial charge in [0.2, 0.25) is 5.91 Å². The molecule has 9 nitrogen and oxygen atoms in total. The number of nitriles is 1. The molecule has 0 radical (unpaired) electrons. The van der Waals surface area contributed by atoms with Crippen LogP contribution >= 0.6 is 0 Å². The maximum Gasteiger partial charge on any atom is 0.318 e. The summed E-state index contributed by atoms with van der Waals surface area (Å²) in [6, 6.07) is 8.03. The Balaban J connectivity index is 2.00. The summed E-state index contributed by atoms with van der Waals surface area (Å²) in [7, 11) is -3.63. The molecule has 1 heterocycles. The van der Waals surface area contributed by atoms with E-state index in [0.717, 1.165) is 0 Å². The van der Waals surface area contributed by atoms with Crippen molar-refractivity contribution in [1.82, 2.24) is 15.5 Å². The highest BCUT2D eigenvalue weighted by molar-refractivity contribution is 7.90. The lowest BCUT2D eigenvalue weighted by atomic mass is 10.0. The zero-order valence-corrected chi connectivity index (χ0v) is 18.7. The fourth-order valence-corrected chi connectivity index (χ4v) is 4.72. The fourth-order valence-electron chi connectivity index (χ4n) is 3.23. The van der Waals surface area contributed by atoms with Gasteiger partial charge in [-0.25, -0.2) is 13.2 Å². The molecule has 0 saturated carbocycles. The van der Waals surface area contributed by atoms with Gasteiger partial charge in [0.25, 0.3) is 0 Å². The fraction of sp³-hybridized carbons (Fsp3) is 0.571. The second kappa shape index (κ2) is 11.7. The zero-order valence-electron chi connectivity index (χ0n) is 17.9. The number of amides is 3. The summed E-state index contributed by atoms with van der Waals surface area (Å²) in [6.07, 6.45) is 0.358. The van der Waals surface area contributed by atoms with E-state index in [9.17, 15) is 23.3 Å². The van der Waals surface area contributed by atoms with Crippen LogP contribution in [0.3, 0.4) is 0 Å². The van der Waals surface area contributed by atoms with Crippen molar-refractivity contribution in [3.05, 3.63) is 35.9 Å². The number of hydrogen-bond acceptors (Lipinski definition) is 6. The van der Waals surface area contributed by atoms with Crippen molar-refractivity contribution in [2.45, 2.75) is 38.1 Å². The maximum absolute atomic E-state index is 12.8. The standard InChI is InChI=1S/C21H30N4O5S/c1-16(2)12-19(24-21(27)25-8-10-30-11-9-25)20(26)23-18(13-22)15-31(28,29)14-17-6-4-3-5-7-17/h3-7,16,18-19H,8-12,14-15H2,1-2H3,(H,23,26)(H,24,27)/t18-,19+/m1/s1. The Bertz CT molecular complexity index is 877. The van der Waals surface area contributed by atoms with E-state index < -0.39 is 33.6 Å². The Kier molecular flexibility index (Phi) is 9.27. The Labute approximate surface area is 183 Å². The number of rotatable bonds is 9. The van der Waals surface area contributed by atoms with Gasteiger partial charge in [0.1, 0.15) is 12.1 Å². The van der Waals surface area contributed by atoms with E-state index in [4.69, 9.17) is 4.74 Å². The highest BCUT2D eigenvalue weighted by atomic mass is 32.2. The lowest BCUT2D eigenvalue weighted by molar-refractivity contribution is -0.123. The monoisotopic (exact) mass is 450 g/mol. The van der Waals surface area contributed by atoms with Crippen molar-refractivity contribution in [3.8, 4) is 6.07 Å². The topological polar surface area (TPSA) is 129 Å². The van der Waals surface area contributed by atoms with E-state index in [0.29, 0.717) is 38.3 Å². The van der Waals surface area contributed by atoms with E-state index in [-0.39, 0.29) is 17.7 Å². The van der Waals surface area contributed by atoms with E-state index in [2.05, 4.69) is 10.6 Å². The zero-order chi connectivity index (χ0) is 22.9. The summed E-state index contributed by atoms with van der Waals surface area (Å²) >= 11 is 0. The maximum atomic E-state index is 12.8. The molecule has 2 atom stereocenters. The molecule has 170 valence electrons. The van der Waals surface area contributed by atoms with E-state index in [1.165, 1.54) is 0 Å². The van der Waals surface area contributed by atoms with E-state index in [1.807, 2.05) is 19.9 Å². The van der Waals surface area contributed by atoms with Crippen molar-refractivity contribution in [2.24, 2.45) is 5.92 Å². The van der Waals surface area contributed by atoms with E-state index >= 15 is 0 Å². The Morgan fingerprint density at radius 2 is 1.81 bits per heavy atom. The second-order valence-corrected chi connectivity index (χ2v) is 10.1. The predicted octanol–water partition coefficient (Wildman–Crippen LogP) is 1.07. The molecule has 1 aliphatic heterocycles. The lowest BCUT2D eigenvalue weighted by Crippen LogP contribution is -2.55. The third kappa shape index (κ3) is 8.55. The molecule has 0 bridgehead atoms. The molecule has 31 heavy (non-hydrogen) atoms. The molecular formula is C21H30N4O5S. The summed E-state index contributed by atoms with van der Waals surface area (Å²) in [5.41, 5.74) is 0.612. The minimum absolute atomic E-state index is 0.100. The van der Waals surface area contributed by atoms with Crippen LogP contribution in [-0.2, 0) is 25.1 Å². The number of nitrogens with one attached hydrogen (secondary N) is 2. The van der Waals surface area contributed by atoms with Crippen LogP contribution in [-0.4, -0.2) is 69.4 Å². The summed E-state index contributed by atoms with van der Waals surface area (Å²) in [5, 5.41) is 14.6. The number of ether oxygens (including phenoxy) is 1. The molecule has 1 saturated heterocycles. The van der Waals surface area contributed by atoms with Crippen molar-refractivity contribution in [1.29, 1.82) is 5.26 Å². The van der Waals surface area contributed by atoms with Crippen LogP contribution in [0.15, 0.2) is 30.3 Å². The number of hydrogen-bond donors (Lipinski definition) is 2. The van der Waals surface area contributed by atoms with Crippen molar-refractivity contribution < 1.29 is 22.7 Å². The predicted molar refractivity (Wildman–Crippen MR) is 116 cm³/mol. The normalized spacial score (nSPS) is 16.3. The Morgan fingerprint density at radius 3 is 2.39 bits per heavy atom. The van der Waals surface area contributed by atoms with Crippen molar-refractivity contribution in [3.63, 3.8) is 0 Å². The Hall–Kier alpha value is -2.64. The van der Waals surface area contributed by atoms with Crippen molar-refractivity contribution in [2.75, 3.05) is 32.1 Å². The first-order valence-corrected chi connectivity index (χ1v) is 12.1. The van der Waals surface area contributed by atoms with Crippen LogP contribution in [0.2, 0.25) is 0 Å². The molecular weight excluding hydrogens is 420 g/mol. The molecule has 0 aromatic heterocycles. The smallest absolute Gasteiger partial charge is 0.318 e. The van der Waals surface area contributed by atoms with Gasteiger partial charge in [-0.3, -0.25) is 4.79 Å².